The van der Waals surface area contributed by atoms with Gasteiger partial charge in [-0.05, 0) is 54.3 Å². The fourth-order valence-corrected chi connectivity index (χ4v) is 2.83. The molecule has 1 aromatic heterocycles. The lowest BCUT2D eigenvalue weighted by Gasteiger charge is -2.41. The third-order valence-electron chi connectivity index (χ3n) is 4.12. The molecule has 1 saturated carbocycles. The molecule has 0 aliphatic heterocycles. The highest BCUT2D eigenvalue weighted by Gasteiger charge is 2.40. The second-order valence-electron chi connectivity index (χ2n) is 5.08. The zero-order chi connectivity index (χ0) is 13.5. The lowest BCUT2D eigenvalue weighted by Crippen LogP contribution is -2.41. The normalized spacial score (nSPS) is 17.2. The molecule has 100 valence electrons. The first-order valence-electron chi connectivity index (χ1n) is 6.50. The van der Waals surface area contributed by atoms with Crippen molar-refractivity contribution in [2.75, 3.05) is 5.73 Å². The molecule has 0 radical (unpaired) electrons. The third-order valence-corrected chi connectivity index (χ3v) is 4.45. The highest BCUT2D eigenvalue weighted by molar-refractivity contribution is 6.33. The Balaban J connectivity index is 2.06. The van der Waals surface area contributed by atoms with Crippen LogP contribution in [0.4, 0.5) is 5.69 Å². The number of benzene rings is 1. The van der Waals surface area contributed by atoms with Crippen molar-refractivity contribution in [3.8, 4) is 11.4 Å². The van der Waals surface area contributed by atoms with Gasteiger partial charge in [-0.2, -0.15) is 0 Å². The molecule has 2 N–H and O–H groups in total. The van der Waals surface area contributed by atoms with Crippen LogP contribution in [-0.2, 0) is 5.54 Å². The van der Waals surface area contributed by atoms with Gasteiger partial charge in [0.15, 0.2) is 5.82 Å². The lowest BCUT2D eigenvalue weighted by atomic mass is 9.75. The van der Waals surface area contributed by atoms with Crippen LogP contribution in [0.15, 0.2) is 18.2 Å². The SMILES string of the molecule is CCC1(n2nnnc2-c2ccc(N)c(Cl)c2)CCC1. The van der Waals surface area contributed by atoms with Crippen molar-refractivity contribution in [3.05, 3.63) is 23.2 Å². The molecule has 0 amide bonds. The van der Waals surface area contributed by atoms with E-state index in [1.807, 2.05) is 16.8 Å². The van der Waals surface area contributed by atoms with Gasteiger partial charge in [0.05, 0.1) is 16.2 Å². The maximum atomic E-state index is 6.08. The Hall–Kier alpha value is -1.62. The van der Waals surface area contributed by atoms with E-state index in [4.69, 9.17) is 17.3 Å². The molecule has 1 aliphatic carbocycles. The van der Waals surface area contributed by atoms with Crippen LogP contribution in [0.3, 0.4) is 0 Å². The van der Waals surface area contributed by atoms with Gasteiger partial charge in [0.1, 0.15) is 0 Å². The summed E-state index contributed by atoms with van der Waals surface area (Å²) in [5, 5.41) is 12.7. The molecular formula is C13H16ClN5. The summed E-state index contributed by atoms with van der Waals surface area (Å²) in [7, 11) is 0. The van der Waals surface area contributed by atoms with Crippen LogP contribution in [0.5, 0.6) is 0 Å². The Morgan fingerprint density at radius 3 is 2.79 bits per heavy atom. The molecule has 0 atom stereocenters. The van der Waals surface area contributed by atoms with E-state index < -0.39 is 0 Å². The highest BCUT2D eigenvalue weighted by atomic mass is 35.5. The molecule has 2 aromatic rings. The number of tetrazole rings is 1. The lowest BCUT2D eigenvalue weighted by molar-refractivity contribution is 0.118. The summed E-state index contributed by atoms with van der Waals surface area (Å²) >= 11 is 6.08. The van der Waals surface area contributed by atoms with E-state index in [-0.39, 0.29) is 5.54 Å². The average molecular weight is 278 g/mol. The van der Waals surface area contributed by atoms with Crippen LogP contribution < -0.4 is 5.73 Å². The molecule has 1 heterocycles. The van der Waals surface area contributed by atoms with Crippen LogP contribution in [0.25, 0.3) is 11.4 Å². The molecule has 6 heteroatoms. The number of nitrogen functional groups attached to an aromatic ring is 1. The van der Waals surface area contributed by atoms with Crippen LogP contribution in [0, 0.1) is 0 Å². The van der Waals surface area contributed by atoms with Crippen molar-refractivity contribution < 1.29 is 0 Å². The van der Waals surface area contributed by atoms with Gasteiger partial charge < -0.3 is 5.73 Å². The number of hydrogen-bond donors (Lipinski definition) is 1. The Kier molecular flexibility index (Phi) is 2.93. The van der Waals surface area contributed by atoms with Crippen molar-refractivity contribution in [2.24, 2.45) is 0 Å². The minimum atomic E-state index is 0.0761. The standard InChI is InChI=1S/C13H16ClN5/c1-2-13(6-3-7-13)19-12(16-17-18-19)9-4-5-11(15)10(14)8-9/h4-5,8H,2-3,6-7,15H2,1H3. The van der Waals surface area contributed by atoms with E-state index in [1.165, 1.54) is 6.42 Å². The Morgan fingerprint density at radius 2 is 2.21 bits per heavy atom. The summed E-state index contributed by atoms with van der Waals surface area (Å²) in [6.07, 6.45) is 4.53. The summed E-state index contributed by atoms with van der Waals surface area (Å²) in [5.41, 5.74) is 7.29. The summed E-state index contributed by atoms with van der Waals surface area (Å²) < 4.78 is 1.96. The number of hydrogen-bond acceptors (Lipinski definition) is 4. The minimum absolute atomic E-state index is 0.0761. The first-order chi connectivity index (χ1) is 9.16. The van der Waals surface area contributed by atoms with E-state index in [2.05, 4.69) is 22.4 Å². The van der Waals surface area contributed by atoms with Gasteiger partial charge in [0.2, 0.25) is 0 Å². The van der Waals surface area contributed by atoms with E-state index in [1.54, 1.807) is 6.07 Å². The van der Waals surface area contributed by atoms with Gasteiger partial charge in [0.25, 0.3) is 0 Å². The van der Waals surface area contributed by atoms with Gasteiger partial charge >= 0.3 is 0 Å². The molecule has 1 aromatic carbocycles. The fourth-order valence-electron chi connectivity index (χ4n) is 2.65. The second-order valence-corrected chi connectivity index (χ2v) is 5.49. The molecule has 0 unspecified atom stereocenters. The van der Waals surface area contributed by atoms with Gasteiger partial charge in [0, 0.05) is 5.56 Å². The quantitative estimate of drug-likeness (QED) is 0.876. The predicted octanol–water partition coefficient (Wildman–Crippen LogP) is 2.86. The summed E-state index contributed by atoms with van der Waals surface area (Å²) in [4.78, 5) is 0. The van der Waals surface area contributed by atoms with Crippen molar-refractivity contribution in [1.82, 2.24) is 20.2 Å². The maximum absolute atomic E-state index is 6.08. The summed E-state index contributed by atoms with van der Waals surface area (Å²) in [5.74, 6) is 0.767. The molecule has 19 heavy (non-hydrogen) atoms. The molecule has 0 spiro atoms. The number of anilines is 1. The Labute approximate surface area is 116 Å². The summed E-state index contributed by atoms with van der Waals surface area (Å²) in [6.45, 7) is 2.18. The van der Waals surface area contributed by atoms with Gasteiger partial charge in [-0.1, -0.05) is 18.5 Å². The molecule has 5 nitrogen and oxygen atoms in total. The van der Waals surface area contributed by atoms with E-state index >= 15 is 0 Å². The number of nitrogens with two attached hydrogens (primary N) is 1. The smallest absolute Gasteiger partial charge is 0.182 e. The van der Waals surface area contributed by atoms with Crippen LogP contribution in [0.1, 0.15) is 32.6 Å². The van der Waals surface area contributed by atoms with Gasteiger partial charge in [-0.25, -0.2) is 4.68 Å². The van der Waals surface area contributed by atoms with E-state index in [0.29, 0.717) is 10.7 Å². The zero-order valence-electron chi connectivity index (χ0n) is 10.8. The second kappa shape index (κ2) is 4.49. The van der Waals surface area contributed by atoms with Gasteiger partial charge in [-0.15, -0.1) is 5.10 Å². The van der Waals surface area contributed by atoms with E-state index in [9.17, 15) is 0 Å². The largest absolute Gasteiger partial charge is 0.398 e. The first kappa shape index (κ1) is 12.4. The van der Waals surface area contributed by atoms with E-state index in [0.717, 1.165) is 30.7 Å². The van der Waals surface area contributed by atoms with Crippen LogP contribution in [0.2, 0.25) is 5.02 Å². The van der Waals surface area contributed by atoms with Crippen molar-refractivity contribution in [2.45, 2.75) is 38.1 Å². The van der Waals surface area contributed by atoms with Crippen molar-refractivity contribution >= 4 is 17.3 Å². The molecule has 0 bridgehead atoms. The summed E-state index contributed by atoms with van der Waals surface area (Å²) in [6, 6.07) is 5.52. The fraction of sp³-hybridized carbons (Fsp3) is 0.462. The first-order valence-corrected chi connectivity index (χ1v) is 6.88. The maximum Gasteiger partial charge on any atom is 0.182 e. The monoisotopic (exact) mass is 277 g/mol. The molecule has 1 aliphatic rings. The van der Waals surface area contributed by atoms with Crippen LogP contribution in [-0.4, -0.2) is 20.2 Å². The highest BCUT2D eigenvalue weighted by Crippen LogP contribution is 2.43. The zero-order valence-corrected chi connectivity index (χ0v) is 11.6. The third kappa shape index (κ3) is 1.89. The number of nitrogens with zero attached hydrogens (tertiary/aromatic N) is 4. The van der Waals surface area contributed by atoms with Gasteiger partial charge in [-0.3, -0.25) is 0 Å². The minimum Gasteiger partial charge on any atom is -0.398 e. The van der Waals surface area contributed by atoms with Crippen molar-refractivity contribution in [3.63, 3.8) is 0 Å². The Morgan fingerprint density at radius 1 is 1.42 bits per heavy atom. The Bertz CT molecular complexity index is 597. The van der Waals surface area contributed by atoms with Crippen LogP contribution >= 0.6 is 11.6 Å². The number of halogens is 1. The molecule has 0 saturated heterocycles. The molecule has 1 fully saturated rings. The average Bonchev–Trinajstić information content (AvgIpc) is 2.82. The molecular weight excluding hydrogens is 262 g/mol. The topological polar surface area (TPSA) is 69.6 Å². The predicted molar refractivity (Wildman–Crippen MR) is 74.8 cm³/mol. The number of rotatable bonds is 3. The van der Waals surface area contributed by atoms with Crippen molar-refractivity contribution in [1.29, 1.82) is 0 Å². The molecule has 3 rings (SSSR count). The number of aromatic nitrogens is 4.